The molecule has 1 rings (SSSR count). The summed E-state index contributed by atoms with van der Waals surface area (Å²) in [6, 6.07) is 0.150. The van der Waals surface area contributed by atoms with Crippen molar-refractivity contribution in [3.05, 3.63) is 0 Å². The highest BCUT2D eigenvalue weighted by Gasteiger charge is 2.23. The zero-order valence-corrected chi connectivity index (χ0v) is 5.42. The molecule has 1 heterocycles. The van der Waals surface area contributed by atoms with E-state index in [2.05, 4.69) is 0 Å². The van der Waals surface area contributed by atoms with Gasteiger partial charge in [0, 0.05) is 19.3 Å². The van der Waals surface area contributed by atoms with Crippen LogP contribution < -0.4 is 5.73 Å². The fourth-order valence-electron chi connectivity index (χ4n) is 1.09. The summed E-state index contributed by atoms with van der Waals surface area (Å²) >= 11 is 0. The van der Waals surface area contributed by atoms with Crippen LogP contribution in [0.1, 0.15) is 12.8 Å². The van der Waals surface area contributed by atoms with E-state index in [1.165, 1.54) is 0 Å². The number of hydrogen-bond acceptors (Lipinski definition) is 3. The van der Waals surface area contributed by atoms with Crippen LogP contribution in [0, 0.1) is 0 Å². The summed E-state index contributed by atoms with van der Waals surface area (Å²) in [6.07, 6.45) is 1.72. The molecule has 9 heavy (non-hydrogen) atoms. The van der Waals surface area contributed by atoms with Gasteiger partial charge in [0.25, 0.3) is 0 Å². The molecule has 3 nitrogen and oxygen atoms in total. The van der Waals surface area contributed by atoms with Crippen molar-refractivity contribution < 1.29 is 9.84 Å². The van der Waals surface area contributed by atoms with Crippen LogP contribution in [0.3, 0.4) is 0 Å². The van der Waals surface area contributed by atoms with Crippen LogP contribution in [0.25, 0.3) is 0 Å². The van der Waals surface area contributed by atoms with Crippen LogP contribution in [0.2, 0.25) is 0 Å². The van der Waals surface area contributed by atoms with Gasteiger partial charge in [0.1, 0.15) is 0 Å². The molecule has 2 atom stereocenters. The second kappa shape index (κ2) is 3.15. The topological polar surface area (TPSA) is 55.5 Å². The van der Waals surface area contributed by atoms with Crippen molar-refractivity contribution in [3.8, 4) is 0 Å². The Labute approximate surface area is 54.8 Å². The fourth-order valence-corrected chi connectivity index (χ4v) is 1.09. The largest absolute Gasteiger partial charge is 0.396 e. The zero-order chi connectivity index (χ0) is 6.69. The average Bonchev–Trinajstić information content (AvgIpc) is 2.18. The maximum absolute atomic E-state index is 8.51. The Morgan fingerprint density at radius 1 is 1.67 bits per heavy atom. The summed E-state index contributed by atoms with van der Waals surface area (Å²) in [5, 5.41) is 8.51. The summed E-state index contributed by atoms with van der Waals surface area (Å²) in [5.74, 6) is 0. The van der Waals surface area contributed by atoms with E-state index < -0.39 is 0 Å². The summed E-state index contributed by atoms with van der Waals surface area (Å²) in [7, 11) is 0. The SMILES string of the molecule is N[C@H]1CCO[C@@H]1CCO. The summed E-state index contributed by atoms with van der Waals surface area (Å²) in [6.45, 7) is 0.935. The number of aliphatic hydroxyl groups excluding tert-OH is 1. The number of aliphatic hydroxyl groups is 1. The molecule has 3 N–H and O–H groups in total. The van der Waals surface area contributed by atoms with Gasteiger partial charge in [0.2, 0.25) is 0 Å². The van der Waals surface area contributed by atoms with Crippen LogP contribution in [0.5, 0.6) is 0 Å². The third-order valence-corrected chi connectivity index (χ3v) is 1.67. The monoisotopic (exact) mass is 131 g/mol. The standard InChI is InChI=1S/C6H13NO2/c7-5-2-4-9-6(5)1-3-8/h5-6,8H,1-4,7H2/t5-,6+/m0/s1. The molecule has 0 radical (unpaired) electrons. The first-order valence-corrected chi connectivity index (χ1v) is 3.32. The van der Waals surface area contributed by atoms with Gasteiger partial charge in [-0.2, -0.15) is 0 Å². The lowest BCUT2D eigenvalue weighted by Gasteiger charge is -2.11. The fraction of sp³-hybridized carbons (Fsp3) is 1.00. The van der Waals surface area contributed by atoms with E-state index in [0.29, 0.717) is 6.42 Å². The maximum Gasteiger partial charge on any atom is 0.0748 e. The van der Waals surface area contributed by atoms with Crippen molar-refractivity contribution in [2.45, 2.75) is 25.0 Å². The molecule has 0 saturated carbocycles. The van der Waals surface area contributed by atoms with Crippen molar-refractivity contribution in [2.75, 3.05) is 13.2 Å². The molecule has 0 spiro atoms. The highest BCUT2D eigenvalue weighted by atomic mass is 16.5. The molecule has 3 heteroatoms. The first-order chi connectivity index (χ1) is 4.34. The Kier molecular flexibility index (Phi) is 2.45. The molecule has 0 aromatic carbocycles. The molecule has 1 saturated heterocycles. The Morgan fingerprint density at radius 2 is 2.44 bits per heavy atom. The molecule has 54 valence electrons. The lowest BCUT2D eigenvalue weighted by molar-refractivity contribution is 0.0804. The first-order valence-electron chi connectivity index (χ1n) is 3.32. The molecular weight excluding hydrogens is 118 g/mol. The van der Waals surface area contributed by atoms with Gasteiger partial charge < -0.3 is 15.6 Å². The molecule has 0 amide bonds. The lowest BCUT2D eigenvalue weighted by Crippen LogP contribution is -2.30. The summed E-state index contributed by atoms with van der Waals surface area (Å²) in [4.78, 5) is 0. The normalized spacial score (nSPS) is 35.3. The van der Waals surface area contributed by atoms with Crippen LogP contribution in [-0.4, -0.2) is 30.5 Å². The summed E-state index contributed by atoms with van der Waals surface area (Å²) < 4.78 is 5.22. The highest BCUT2D eigenvalue weighted by molar-refractivity contribution is 4.78. The molecule has 1 aliphatic rings. The molecule has 1 aliphatic heterocycles. The van der Waals surface area contributed by atoms with Crippen molar-refractivity contribution in [3.63, 3.8) is 0 Å². The van der Waals surface area contributed by atoms with Gasteiger partial charge in [-0.3, -0.25) is 0 Å². The number of rotatable bonds is 2. The molecule has 0 unspecified atom stereocenters. The van der Waals surface area contributed by atoms with E-state index in [4.69, 9.17) is 15.6 Å². The maximum atomic E-state index is 8.51. The minimum atomic E-state index is 0.106. The lowest BCUT2D eigenvalue weighted by atomic mass is 10.1. The minimum Gasteiger partial charge on any atom is -0.396 e. The van der Waals surface area contributed by atoms with E-state index >= 15 is 0 Å². The van der Waals surface area contributed by atoms with Crippen molar-refractivity contribution >= 4 is 0 Å². The number of hydrogen-bond donors (Lipinski definition) is 2. The quantitative estimate of drug-likeness (QED) is 0.530. The van der Waals surface area contributed by atoms with Gasteiger partial charge >= 0.3 is 0 Å². The van der Waals surface area contributed by atoms with Gasteiger partial charge in [0.15, 0.2) is 0 Å². The van der Waals surface area contributed by atoms with E-state index in [9.17, 15) is 0 Å². The minimum absolute atomic E-state index is 0.106. The van der Waals surface area contributed by atoms with Crippen LogP contribution >= 0.6 is 0 Å². The van der Waals surface area contributed by atoms with E-state index in [1.807, 2.05) is 0 Å². The highest BCUT2D eigenvalue weighted by Crippen LogP contribution is 2.13. The molecule has 1 fully saturated rings. The molecule has 0 bridgehead atoms. The zero-order valence-electron chi connectivity index (χ0n) is 5.42. The Bertz CT molecular complexity index is 87.1. The molecular formula is C6H13NO2. The summed E-state index contributed by atoms with van der Waals surface area (Å²) in [5.41, 5.74) is 5.63. The smallest absolute Gasteiger partial charge is 0.0748 e. The van der Waals surface area contributed by atoms with Crippen molar-refractivity contribution in [1.82, 2.24) is 0 Å². The van der Waals surface area contributed by atoms with Crippen LogP contribution in [0.15, 0.2) is 0 Å². The van der Waals surface area contributed by atoms with Gasteiger partial charge in [-0.1, -0.05) is 0 Å². The predicted molar refractivity (Wildman–Crippen MR) is 34.0 cm³/mol. The Balaban J connectivity index is 2.22. The molecule has 0 aromatic heterocycles. The third kappa shape index (κ3) is 1.64. The van der Waals surface area contributed by atoms with E-state index in [-0.39, 0.29) is 18.8 Å². The Morgan fingerprint density at radius 3 is 2.89 bits per heavy atom. The van der Waals surface area contributed by atoms with Gasteiger partial charge in [-0.05, 0) is 12.8 Å². The first kappa shape index (κ1) is 6.99. The van der Waals surface area contributed by atoms with E-state index in [1.54, 1.807) is 0 Å². The van der Waals surface area contributed by atoms with Crippen molar-refractivity contribution in [1.29, 1.82) is 0 Å². The number of nitrogens with two attached hydrogens (primary N) is 1. The van der Waals surface area contributed by atoms with Crippen LogP contribution in [-0.2, 0) is 4.74 Å². The second-order valence-electron chi connectivity index (χ2n) is 2.37. The van der Waals surface area contributed by atoms with Gasteiger partial charge in [0.05, 0.1) is 6.10 Å². The van der Waals surface area contributed by atoms with Gasteiger partial charge in [-0.25, -0.2) is 0 Å². The van der Waals surface area contributed by atoms with Crippen LogP contribution in [0.4, 0.5) is 0 Å². The number of ether oxygens (including phenoxy) is 1. The average molecular weight is 131 g/mol. The molecule has 0 aliphatic carbocycles. The second-order valence-corrected chi connectivity index (χ2v) is 2.37. The predicted octanol–water partition coefficient (Wildman–Crippen LogP) is -0.515. The third-order valence-electron chi connectivity index (χ3n) is 1.67. The Hall–Kier alpha value is -0.120. The molecule has 0 aromatic rings. The van der Waals surface area contributed by atoms with E-state index in [0.717, 1.165) is 13.0 Å². The van der Waals surface area contributed by atoms with Gasteiger partial charge in [-0.15, -0.1) is 0 Å². The van der Waals surface area contributed by atoms with Crippen molar-refractivity contribution in [2.24, 2.45) is 5.73 Å².